The van der Waals surface area contributed by atoms with E-state index in [4.69, 9.17) is 11.6 Å². The standard InChI is InChI=1S/C15H20BrClN2O/c16-13-5-4-12(10-14(13)17)11-18-7-6-15(20)19-8-2-1-3-9-19/h4-5,10,18H,1-3,6-9,11H2. The molecule has 20 heavy (non-hydrogen) atoms. The molecule has 0 aliphatic carbocycles. The average Bonchev–Trinajstić information content (AvgIpc) is 2.48. The van der Waals surface area contributed by atoms with E-state index in [1.54, 1.807) is 0 Å². The summed E-state index contributed by atoms with van der Waals surface area (Å²) in [5.74, 6) is 0.269. The van der Waals surface area contributed by atoms with Gasteiger partial charge in [-0.15, -0.1) is 0 Å². The summed E-state index contributed by atoms with van der Waals surface area (Å²) in [7, 11) is 0. The van der Waals surface area contributed by atoms with Gasteiger partial charge in [0.15, 0.2) is 0 Å². The quantitative estimate of drug-likeness (QED) is 0.815. The second kappa shape index (κ2) is 8.01. The molecule has 0 saturated carbocycles. The zero-order chi connectivity index (χ0) is 14.4. The van der Waals surface area contributed by atoms with Crippen molar-refractivity contribution in [3.63, 3.8) is 0 Å². The first-order valence-corrected chi connectivity index (χ1v) is 8.26. The van der Waals surface area contributed by atoms with E-state index in [9.17, 15) is 4.79 Å². The van der Waals surface area contributed by atoms with Crippen molar-refractivity contribution < 1.29 is 4.79 Å². The van der Waals surface area contributed by atoms with E-state index >= 15 is 0 Å². The van der Waals surface area contributed by atoms with E-state index in [0.717, 1.165) is 42.5 Å². The van der Waals surface area contributed by atoms with Crippen LogP contribution in [0.15, 0.2) is 22.7 Å². The lowest BCUT2D eigenvalue weighted by molar-refractivity contribution is -0.131. The Morgan fingerprint density at radius 1 is 1.30 bits per heavy atom. The number of likely N-dealkylation sites (tertiary alicyclic amines) is 1. The molecule has 1 saturated heterocycles. The van der Waals surface area contributed by atoms with Crippen LogP contribution >= 0.6 is 27.5 Å². The molecule has 1 aromatic rings. The molecule has 0 atom stereocenters. The third-order valence-electron chi connectivity index (χ3n) is 3.54. The second-order valence-corrected chi connectivity index (χ2v) is 6.38. The molecular formula is C15H20BrClN2O. The van der Waals surface area contributed by atoms with Crippen molar-refractivity contribution in [3.8, 4) is 0 Å². The molecule has 1 aromatic carbocycles. The number of rotatable bonds is 5. The van der Waals surface area contributed by atoms with E-state index in [-0.39, 0.29) is 5.91 Å². The molecule has 1 fully saturated rings. The topological polar surface area (TPSA) is 32.3 Å². The summed E-state index contributed by atoms with van der Waals surface area (Å²) in [4.78, 5) is 14.0. The molecule has 2 rings (SSSR count). The molecule has 110 valence electrons. The smallest absolute Gasteiger partial charge is 0.223 e. The van der Waals surface area contributed by atoms with Gasteiger partial charge in [0.1, 0.15) is 0 Å². The Morgan fingerprint density at radius 3 is 2.75 bits per heavy atom. The van der Waals surface area contributed by atoms with Crippen LogP contribution in [-0.2, 0) is 11.3 Å². The Hall–Kier alpha value is -0.580. The molecule has 1 aliphatic rings. The van der Waals surface area contributed by atoms with Gasteiger partial charge in [-0.25, -0.2) is 0 Å². The van der Waals surface area contributed by atoms with Gasteiger partial charge in [-0.3, -0.25) is 4.79 Å². The molecule has 0 bridgehead atoms. The van der Waals surface area contributed by atoms with Crippen LogP contribution in [0, 0.1) is 0 Å². The highest BCUT2D eigenvalue weighted by Crippen LogP contribution is 2.23. The van der Waals surface area contributed by atoms with Gasteiger partial charge in [0.25, 0.3) is 0 Å². The lowest BCUT2D eigenvalue weighted by atomic mass is 10.1. The number of nitrogens with zero attached hydrogens (tertiary/aromatic N) is 1. The second-order valence-electron chi connectivity index (χ2n) is 5.12. The largest absolute Gasteiger partial charge is 0.343 e. The summed E-state index contributed by atoms with van der Waals surface area (Å²) >= 11 is 9.41. The van der Waals surface area contributed by atoms with Gasteiger partial charge in [-0.05, 0) is 52.9 Å². The minimum absolute atomic E-state index is 0.269. The van der Waals surface area contributed by atoms with E-state index in [0.29, 0.717) is 18.0 Å². The van der Waals surface area contributed by atoms with Gasteiger partial charge in [0.05, 0.1) is 5.02 Å². The number of benzene rings is 1. The highest BCUT2D eigenvalue weighted by Gasteiger charge is 2.15. The lowest BCUT2D eigenvalue weighted by Crippen LogP contribution is -2.37. The summed E-state index contributed by atoms with van der Waals surface area (Å²) in [6.45, 7) is 3.31. The molecule has 0 spiro atoms. The van der Waals surface area contributed by atoms with Gasteiger partial charge in [0, 0.05) is 37.1 Å². The van der Waals surface area contributed by atoms with Crippen molar-refractivity contribution in [2.24, 2.45) is 0 Å². The van der Waals surface area contributed by atoms with Crippen LogP contribution in [0.1, 0.15) is 31.2 Å². The normalized spacial score (nSPS) is 15.4. The first-order chi connectivity index (χ1) is 9.66. The number of hydrogen-bond acceptors (Lipinski definition) is 2. The Bertz CT molecular complexity index is 461. The summed E-state index contributed by atoms with van der Waals surface area (Å²) < 4.78 is 0.906. The van der Waals surface area contributed by atoms with Crippen LogP contribution in [-0.4, -0.2) is 30.4 Å². The van der Waals surface area contributed by atoms with E-state index in [1.165, 1.54) is 6.42 Å². The molecule has 1 N–H and O–H groups in total. The van der Waals surface area contributed by atoms with Crippen molar-refractivity contribution in [2.45, 2.75) is 32.2 Å². The summed E-state index contributed by atoms with van der Waals surface area (Å²) in [6, 6.07) is 5.90. The number of amides is 1. The summed E-state index contributed by atoms with van der Waals surface area (Å²) in [5, 5.41) is 4.01. The molecule has 0 unspecified atom stereocenters. The SMILES string of the molecule is O=C(CCNCc1ccc(Br)c(Cl)c1)N1CCCCC1. The zero-order valence-corrected chi connectivity index (χ0v) is 13.8. The number of hydrogen-bond donors (Lipinski definition) is 1. The lowest BCUT2D eigenvalue weighted by Gasteiger charge is -2.26. The van der Waals surface area contributed by atoms with Crippen LogP contribution in [0.2, 0.25) is 5.02 Å². The highest BCUT2D eigenvalue weighted by atomic mass is 79.9. The average molecular weight is 360 g/mol. The predicted octanol–water partition coefficient (Wildman–Crippen LogP) is 3.59. The highest BCUT2D eigenvalue weighted by molar-refractivity contribution is 9.10. The molecule has 1 aliphatic heterocycles. The Balaban J connectivity index is 1.68. The minimum Gasteiger partial charge on any atom is -0.343 e. The molecule has 1 heterocycles. The number of carbonyl (C=O) groups is 1. The maximum absolute atomic E-state index is 12.0. The van der Waals surface area contributed by atoms with E-state index in [2.05, 4.69) is 21.2 Å². The van der Waals surface area contributed by atoms with Gasteiger partial charge in [-0.2, -0.15) is 0 Å². The first-order valence-electron chi connectivity index (χ1n) is 7.09. The van der Waals surface area contributed by atoms with Crippen LogP contribution < -0.4 is 5.32 Å². The molecule has 0 aromatic heterocycles. The summed E-state index contributed by atoms with van der Waals surface area (Å²) in [6.07, 6.45) is 4.13. The van der Waals surface area contributed by atoms with E-state index < -0.39 is 0 Å². The molecule has 5 heteroatoms. The summed E-state index contributed by atoms with van der Waals surface area (Å²) in [5.41, 5.74) is 1.13. The molecule has 3 nitrogen and oxygen atoms in total. The van der Waals surface area contributed by atoms with Crippen LogP contribution in [0.5, 0.6) is 0 Å². The fraction of sp³-hybridized carbons (Fsp3) is 0.533. The monoisotopic (exact) mass is 358 g/mol. The van der Waals surface area contributed by atoms with Crippen molar-refractivity contribution in [2.75, 3.05) is 19.6 Å². The third-order valence-corrected chi connectivity index (χ3v) is 4.77. The Kier molecular flexibility index (Phi) is 6.33. The van der Waals surface area contributed by atoms with E-state index in [1.807, 2.05) is 23.1 Å². The first kappa shape index (κ1) is 15.8. The molecule has 0 radical (unpaired) electrons. The van der Waals surface area contributed by atoms with Gasteiger partial charge < -0.3 is 10.2 Å². The van der Waals surface area contributed by atoms with Crippen LogP contribution in [0.4, 0.5) is 0 Å². The van der Waals surface area contributed by atoms with Crippen molar-refractivity contribution in [1.82, 2.24) is 10.2 Å². The van der Waals surface area contributed by atoms with Crippen molar-refractivity contribution in [1.29, 1.82) is 0 Å². The fourth-order valence-electron chi connectivity index (χ4n) is 2.38. The maximum Gasteiger partial charge on any atom is 0.223 e. The van der Waals surface area contributed by atoms with Gasteiger partial charge in [-0.1, -0.05) is 17.7 Å². The van der Waals surface area contributed by atoms with Crippen molar-refractivity contribution in [3.05, 3.63) is 33.3 Å². The number of halogens is 2. The number of carbonyl (C=O) groups excluding carboxylic acids is 1. The van der Waals surface area contributed by atoms with Gasteiger partial charge >= 0.3 is 0 Å². The fourth-order valence-corrected chi connectivity index (χ4v) is 2.83. The Morgan fingerprint density at radius 2 is 2.05 bits per heavy atom. The minimum atomic E-state index is 0.269. The van der Waals surface area contributed by atoms with Gasteiger partial charge in [0.2, 0.25) is 5.91 Å². The zero-order valence-electron chi connectivity index (χ0n) is 11.5. The predicted molar refractivity (Wildman–Crippen MR) is 85.9 cm³/mol. The van der Waals surface area contributed by atoms with Crippen molar-refractivity contribution >= 4 is 33.4 Å². The maximum atomic E-state index is 12.0. The van der Waals surface area contributed by atoms with Crippen LogP contribution in [0.25, 0.3) is 0 Å². The molecular weight excluding hydrogens is 340 g/mol. The third kappa shape index (κ3) is 4.76. The number of nitrogens with one attached hydrogen (secondary N) is 1. The Labute approximate surface area is 133 Å². The number of piperidine rings is 1. The molecule has 1 amide bonds. The van der Waals surface area contributed by atoms with Crippen LogP contribution in [0.3, 0.4) is 0 Å².